The van der Waals surface area contributed by atoms with Crippen molar-refractivity contribution in [1.82, 2.24) is 19.5 Å². The summed E-state index contributed by atoms with van der Waals surface area (Å²) in [5, 5.41) is 9.46. The summed E-state index contributed by atoms with van der Waals surface area (Å²) in [5.41, 5.74) is 4.02. The second kappa shape index (κ2) is 4.99. The van der Waals surface area contributed by atoms with E-state index in [1.54, 1.807) is 6.20 Å². The molecule has 2 aromatic heterocycles. The predicted octanol–water partition coefficient (Wildman–Crippen LogP) is 3.00. The van der Waals surface area contributed by atoms with Gasteiger partial charge >= 0.3 is 5.97 Å². The van der Waals surface area contributed by atoms with Crippen LogP contribution in [-0.4, -0.2) is 30.6 Å². The van der Waals surface area contributed by atoms with E-state index in [9.17, 15) is 9.90 Å². The minimum Gasteiger partial charge on any atom is -0.476 e. The number of carboxylic acid groups (broad SMARTS) is 1. The normalized spacial score (nSPS) is 12.1. The average Bonchev–Trinajstić information content (AvgIpc) is 2.81. The van der Waals surface area contributed by atoms with E-state index in [2.05, 4.69) is 30.9 Å². The van der Waals surface area contributed by atoms with E-state index in [0.717, 1.165) is 27.2 Å². The van der Waals surface area contributed by atoms with Crippen LogP contribution in [0, 0.1) is 6.92 Å². The third-order valence-electron chi connectivity index (χ3n) is 3.97. The van der Waals surface area contributed by atoms with Gasteiger partial charge in [-0.1, -0.05) is 15.9 Å². The zero-order chi connectivity index (χ0) is 16.1. The molecule has 0 radical (unpaired) electrons. The summed E-state index contributed by atoms with van der Waals surface area (Å²) in [6.07, 6.45) is 3.50. The Bertz CT molecular complexity index is 965. The highest BCUT2D eigenvalue weighted by molar-refractivity contribution is 9.10. The van der Waals surface area contributed by atoms with Crippen molar-refractivity contribution in [2.45, 2.75) is 13.3 Å². The number of benzene rings is 1. The molecule has 114 valence electrons. The summed E-state index contributed by atoms with van der Waals surface area (Å²) in [5.74, 6) is -0.205. The molecule has 3 aromatic rings. The van der Waals surface area contributed by atoms with Gasteiger partial charge in [0, 0.05) is 33.9 Å². The van der Waals surface area contributed by atoms with Crippen LogP contribution in [0.5, 0.6) is 0 Å². The van der Waals surface area contributed by atoms with E-state index < -0.39 is 5.97 Å². The van der Waals surface area contributed by atoms with Crippen molar-refractivity contribution in [3.05, 3.63) is 58.0 Å². The summed E-state index contributed by atoms with van der Waals surface area (Å²) in [7, 11) is 0. The maximum atomic E-state index is 11.5. The van der Waals surface area contributed by atoms with Crippen LogP contribution in [-0.2, 0) is 6.42 Å². The molecule has 1 N–H and O–H groups in total. The number of carbonyl (C=O) groups is 1. The zero-order valence-electron chi connectivity index (χ0n) is 12.1. The second-order valence-electron chi connectivity index (χ2n) is 5.32. The maximum absolute atomic E-state index is 11.5. The molecule has 1 aromatic carbocycles. The van der Waals surface area contributed by atoms with Crippen LogP contribution in [0.4, 0.5) is 0 Å². The van der Waals surface area contributed by atoms with E-state index >= 15 is 0 Å². The molecule has 0 amide bonds. The Kier molecular flexibility index (Phi) is 3.05. The third kappa shape index (κ3) is 2.08. The molecule has 23 heavy (non-hydrogen) atoms. The first-order valence-electron chi connectivity index (χ1n) is 6.97. The first-order chi connectivity index (χ1) is 11.1. The van der Waals surface area contributed by atoms with E-state index in [-0.39, 0.29) is 5.69 Å². The fourth-order valence-electron chi connectivity index (χ4n) is 3.01. The quantitative estimate of drug-likeness (QED) is 0.556. The fourth-order valence-corrected chi connectivity index (χ4v) is 3.36. The molecule has 0 saturated carbocycles. The lowest BCUT2D eigenvalue weighted by Crippen LogP contribution is -2.09. The lowest BCUT2D eigenvalue weighted by Gasteiger charge is -2.12. The Balaban J connectivity index is 2.14. The Hall–Kier alpha value is -2.54. The monoisotopic (exact) mass is 370 g/mol. The van der Waals surface area contributed by atoms with Gasteiger partial charge in [-0.25, -0.2) is 19.7 Å². The molecule has 0 spiro atoms. The van der Waals surface area contributed by atoms with Gasteiger partial charge in [0.2, 0.25) is 0 Å². The number of nitrogens with zero attached hydrogens (tertiary/aromatic N) is 4. The van der Waals surface area contributed by atoms with Gasteiger partial charge in [0.05, 0.1) is 11.4 Å². The Morgan fingerprint density at radius 3 is 2.91 bits per heavy atom. The van der Waals surface area contributed by atoms with Gasteiger partial charge in [-0.3, -0.25) is 4.57 Å². The molecule has 1 aliphatic rings. The standard InChI is InChI=1S/C16H11BrN4O2/c1-8-18-6-10-5-12-14(19-7-20-15(12)16(22)23)11-3-2-9(17)4-13(11)21(8)10/h2-4,6-7H,5H2,1H3,(H,22,23). The number of rotatable bonds is 1. The zero-order valence-corrected chi connectivity index (χ0v) is 13.7. The lowest BCUT2D eigenvalue weighted by atomic mass is 10.0. The number of halogens is 1. The number of fused-ring (bicyclic) bond motifs is 5. The molecule has 4 rings (SSSR count). The maximum Gasteiger partial charge on any atom is 0.354 e. The van der Waals surface area contributed by atoms with Crippen molar-refractivity contribution in [3.63, 3.8) is 0 Å². The summed E-state index contributed by atoms with van der Waals surface area (Å²) in [6.45, 7) is 1.92. The van der Waals surface area contributed by atoms with Gasteiger partial charge in [-0.15, -0.1) is 0 Å². The number of hydrogen-bond acceptors (Lipinski definition) is 4. The van der Waals surface area contributed by atoms with Gasteiger partial charge in [0.25, 0.3) is 0 Å². The van der Waals surface area contributed by atoms with Crippen molar-refractivity contribution in [2.75, 3.05) is 0 Å². The number of imidazole rings is 1. The molecule has 0 atom stereocenters. The van der Waals surface area contributed by atoms with Crippen molar-refractivity contribution < 1.29 is 9.90 Å². The summed E-state index contributed by atoms with van der Waals surface area (Å²) in [6, 6.07) is 5.85. The van der Waals surface area contributed by atoms with Gasteiger partial charge in [0.15, 0.2) is 5.69 Å². The van der Waals surface area contributed by atoms with Crippen molar-refractivity contribution in [1.29, 1.82) is 0 Å². The highest BCUT2D eigenvalue weighted by Crippen LogP contribution is 2.36. The molecule has 0 aliphatic carbocycles. The molecular formula is C16H11BrN4O2. The molecule has 0 unspecified atom stereocenters. The van der Waals surface area contributed by atoms with Gasteiger partial charge < -0.3 is 5.11 Å². The van der Waals surface area contributed by atoms with Gasteiger partial charge in [-0.2, -0.15) is 0 Å². The summed E-state index contributed by atoms with van der Waals surface area (Å²) >= 11 is 3.50. The van der Waals surface area contributed by atoms with E-state index in [4.69, 9.17) is 0 Å². The minimum atomic E-state index is -1.05. The predicted molar refractivity (Wildman–Crippen MR) is 86.8 cm³/mol. The number of aromatic carboxylic acids is 1. The van der Waals surface area contributed by atoms with Crippen LogP contribution in [0.3, 0.4) is 0 Å². The van der Waals surface area contributed by atoms with Crippen LogP contribution in [0.25, 0.3) is 16.9 Å². The first-order valence-corrected chi connectivity index (χ1v) is 7.76. The SMILES string of the molecule is Cc1ncc2n1-c1cc(Br)ccc1-c1ncnc(C(=O)O)c1C2. The largest absolute Gasteiger partial charge is 0.476 e. The third-order valence-corrected chi connectivity index (χ3v) is 4.47. The number of hydrogen-bond donors (Lipinski definition) is 1. The average molecular weight is 371 g/mol. The Morgan fingerprint density at radius 2 is 2.13 bits per heavy atom. The van der Waals surface area contributed by atoms with E-state index in [1.165, 1.54) is 6.33 Å². The van der Waals surface area contributed by atoms with Crippen LogP contribution >= 0.6 is 15.9 Å². The molecule has 7 heteroatoms. The molecule has 0 fully saturated rings. The highest BCUT2D eigenvalue weighted by Gasteiger charge is 2.26. The van der Waals surface area contributed by atoms with E-state index in [0.29, 0.717) is 17.7 Å². The summed E-state index contributed by atoms with van der Waals surface area (Å²) < 4.78 is 2.97. The van der Waals surface area contributed by atoms with Crippen molar-refractivity contribution in [3.8, 4) is 16.9 Å². The van der Waals surface area contributed by atoms with Gasteiger partial charge in [0.1, 0.15) is 12.2 Å². The topological polar surface area (TPSA) is 80.9 Å². The van der Waals surface area contributed by atoms with Crippen LogP contribution < -0.4 is 0 Å². The minimum absolute atomic E-state index is 0.0381. The number of aryl methyl sites for hydroxylation is 1. The van der Waals surface area contributed by atoms with Crippen LogP contribution in [0.2, 0.25) is 0 Å². The van der Waals surface area contributed by atoms with E-state index in [1.807, 2.05) is 29.7 Å². The van der Waals surface area contributed by atoms with Gasteiger partial charge in [-0.05, 0) is 25.1 Å². The molecule has 1 aliphatic heterocycles. The van der Waals surface area contributed by atoms with Crippen LogP contribution in [0.15, 0.2) is 35.2 Å². The smallest absolute Gasteiger partial charge is 0.354 e. The lowest BCUT2D eigenvalue weighted by molar-refractivity contribution is 0.0689. The van der Waals surface area contributed by atoms with Crippen LogP contribution in [0.1, 0.15) is 27.6 Å². The fraction of sp³-hybridized carbons (Fsp3) is 0.125. The molecule has 0 saturated heterocycles. The highest BCUT2D eigenvalue weighted by atomic mass is 79.9. The first kappa shape index (κ1) is 14.1. The Labute approximate surface area is 140 Å². The number of aromatic nitrogens is 4. The molecule has 6 nitrogen and oxygen atoms in total. The molecule has 3 heterocycles. The van der Waals surface area contributed by atoms with Crippen molar-refractivity contribution in [2.24, 2.45) is 0 Å². The molecule has 0 bridgehead atoms. The Morgan fingerprint density at radius 1 is 1.30 bits per heavy atom. The second-order valence-corrected chi connectivity index (χ2v) is 6.24. The summed E-state index contributed by atoms with van der Waals surface area (Å²) in [4.78, 5) is 24.2. The van der Waals surface area contributed by atoms with Crippen molar-refractivity contribution >= 4 is 21.9 Å². The number of carboxylic acids is 1. The molecular weight excluding hydrogens is 360 g/mol.